The van der Waals surface area contributed by atoms with Crippen molar-refractivity contribution in [3.05, 3.63) is 70.0 Å². The number of benzene rings is 2. The summed E-state index contributed by atoms with van der Waals surface area (Å²) in [5, 5.41) is 0. The van der Waals surface area contributed by atoms with Crippen LogP contribution in [0.25, 0.3) is 0 Å². The normalized spacial score (nSPS) is 11.5. The van der Waals surface area contributed by atoms with Crippen LogP contribution >= 0.6 is 0 Å². The lowest BCUT2D eigenvalue weighted by Crippen LogP contribution is -2.10. The van der Waals surface area contributed by atoms with Gasteiger partial charge in [0.2, 0.25) is 0 Å². The van der Waals surface area contributed by atoms with Crippen molar-refractivity contribution in [2.24, 2.45) is 0 Å². The Morgan fingerprint density at radius 1 is 0.905 bits per heavy atom. The second kappa shape index (κ2) is 5.31. The van der Waals surface area contributed by atoms with Crippen molar-refractivity contribution in [3.8, 4) is 0 Å². The molecule has 0 amide bonds. The Kier molecular flexibility index (Phi) is 3.85. The molecule has 1 nitrogen and oxygen atoms in total. The zero-order valence-corrected chi connectivity index (χ0v) is 11.4. The number of hydrogen-bond donors (Lipinski definition) is 0. The number of carbonyl (C=O) groups is 1. The van der Waals surface area contributed by atoms with Gasteiger partial charge in [0.1, 0.15) is 5.82 Å². The van der Waals surface area contributed by atoms with Crippen LogP contribution in [-0.4, -0.2) is 5.78 Å². The summed E-state index contributed by atoms with van der Waals surface area (Å²) in [7, 11) is 0. The highest BCUT2D eigenvalue weighted by Crippen LogP contribution is 2.31. The van der Waals surface area contributed by atoms with Crippen molar-refractivity contribution < 1.29 is 22.4 Å². The second-order valence-corrected chi connectivity index (χ2v) is 4.82. The number of carbonyl (C=O) groups excluding carboxylic acids is 1. The molecule has 0 aliphatic heterocycles. The fraction of sp³-hybridized carbons (Fsp3) is 0.188. The first-order valence-electron chi connectivity index (χ1n) is 6.19. The molecule has 0 atom stereocenters. The predicted octanol–water partition coefficient (Wildman–Crippen LogP) is 4.69. The smallest absolute Gasteiger partial charge is 0.289 e. The number of ketones is 1. The topological polar surface area (TPSA) is 17.1 Å². The molecular weight excluding hydrogens is 284 g/mol. The van der Waals surface area contributed by atoms with Crippen LogP contribution in [0.15, 0.2) is 36.4 Å². The Hall–Kier alpha value is -2.17. The zero-order chi connectivity index (χ0) is 15.8. The third-order valence-electron chi connectivity index (χ3n) is 3.23. The highest BCUT2D eigenvalue weighted by molar-refractivity contribution is 6.10. The molecule has 0 saturated heterocycles. The minimum absolute atomic E-state index is 0.178. The van der Waals surface area contributed by atoms with Crippen LogP contribution in [0.2, 0.25) is 0 Å². The van der Waals surface area contributed by atoms with Crippen LogP contribution < -0.4 is 0 Å². The summed E-state index contributed by atoms with van der Waals surface area (Å²) in [4.78, 5) is 12.4. The lowest BCUT2D eigenvalue weighted by atomic mass is 9.95. The molecule has 110 valence electrons. The van der Waals surface area contributed by atoms with Gasteiger partial charge in [-0.1, -0.05) is 6.07 Å². The van der Waals surface area contributed by atoms with E-state index in [0.717, 1.165) is 24.3 Å². The summed E-state index contributed by atoms with van der Waals surface area (Å²) in [5.74, 6) is -0.882. The van der Waals surface area contributed by atoms with Gasteiger partial charge in [0.15, 0.2) is 5.78 Å². The van der Waals surface area contributed by atoms with Gasteiger partial charge in [0.05, 0.1) is 5.56 Å². The predicted molar refractivity (Wildman–Crippen MR) is 70.8 cm³/mol. The largest absolute Gasteiger partial charge is 0.416 e. The lowest BCUT2D eigenvalue weighted by molar-refractivity contribution is -0.137. The van der Waals surface area contributed by atoms with Gasteiger partial charge in [-0.25, -0.2) is 4.39 Å². The minimum atomic E-state index is -4.45. The molecule has 0 N–H and O–H groups in total. The van der Waals surface area contributed by atoms with Crippen LogP contribution in [0, 0.1) is 19.7 Å². The highest BCUT2D eigenvalue weighted by atomic mass is 19.4. The Bertz CT molecular complexity index is 702. The Labute approximate surface area is 119 Å². The quantitative estimate of drug-likeness (QED) is 0.580. The summed E-state index contributed by atoms with van der Waals surface area (Å²) < 4.78 is 50.9. The highest BCUT2D eigenvalue weighted by Gasteiger charge is 2.31. The standard InChI is InChI=1S/C16H12F4O/c1-9-7-11(16(18,19)20)3-5-13(9)15(21)14-6-4-12(17)8-10(14)2/h3-8H,1-2H3. The van der Waals surface area contributed by atoms with Crippen molar-refractivity contribution in [2.45, 2.75) is 20.0 Å². The van der Waals surface area contributed by atoms with Crippen LogP contribution in [0.5, 0.6) is 0 Å². The van der Waals surface area contributed by atoms with Crippen LogP contribution in [0.1, 0.15) is 32.6 Å². The molecule has 21 heavy (non-hydrogen) atoms. The van der Waals surface area contributed by atoms with Gasteiger partial charge in [-0.15, -0.1) is 0 Å². The molecule has 2 aromatic carbocycles. The van der Waals surface area contributed by atoms with Crippen molar-refractivity contribution >= 4 is 5.78 Å². The summed E-state index contributed by atoms with van der Waals surface area (Å²) in [6.45, 7) is 3.02. The molecule has 0 radical (unpaired) electrons. The number of rotatable bonds is 2. The van der Waals surface area contributed by atoms with E-state index in [0.29, 0.717) is 5.56 Å². The number of halogens is 4. The van der Waals surface area contributed by atoms with Gasteiger partial charge in [0, 0.05) is 11.1 Å². The Morgan fingerprint density at radius 3 is 1.90 bits per heavy atom. The third-order valence-corrected chi connectivity index (χ3v) is 3.23. The maximum absolute atomic E-state index is 13.0. The monoisotopic (exact) mass is 296 g/mol. The van der Waals surface area contributed by atoms with Gasteiger partial charge >= 0.3 is 6.18 Å². The SMILES string of the molecule is Cc1cc(F)ccc1C(=O)c1ccc(C(F)(F)F)cc1C. The molecule has 0 heterocycles. The van der Waals surface area contributed by atoms with Crippen LogP contribution in [-0.2, 0) is 6.18 Å². The summed E-state index contributed by atoms with van der Waals surface area (Å²) >= 11 is 0. The summed E-state index contributed by atoms with van der Waals surface area (Å²) in [6, 6.07) is 6.67. The molecule has 0 aliphatic rings. The fourth-order valence-electron chi connectivity index (χ4n) is 2.12. The molecule has 2 rings (SSSR count). The van der Waals surface area contributed by atoms with Gasteiger partial charge in [-0.05, 0) is 55.3 Å². The van der Waals surface area contributed by atoms with E-state index < -0.39 is 23.3 Å². The summed E-state index contributed by atoms with van der Waals surface area (Å²) in [6.07, 6.45) is -4.45. The Balaban J connectivity index is 2.45. The maximum Gasteiger partial charge on any atom is 0.416 e. The third kappa shape index (κ3) is 3.12. The lowest BCUT2D eigenvalue weighted by Gasteiger charge is -2.11. The molecule has 0 saturated carbocycles. The molecule has 0 bridgehead atoms. The first kappa shape index (κ1) is 15.2. The number of aryl methyl sites for hydroxylation is 2. The van der Waals surface area contributed by atoms with E-state index in [2.05, 4.69) is 0 Å². The molecule has 0 unspecified atom stereocenters. The van der Waals surface area contributed by atoms with Crippen molar-refractivity contribution in [3.63, 3.8) is 0 Å². The van der Waals surface area contributed by atoms with E-state index >= 15 is 0 Å². The maximum atomic E-state index is 13.0. The Morgan fingerprint density at radius 2 is 1.43 bits per heavy atom. The van der Waals surface area contributed by atoms with Gasteiger partial charge < -0.3 is 0 Å². The molecule has 2 aromatic rings. The molecular formula is C16H12F4O. The first-order valence-corrected chi connectivity index (χ1v) is 6.19. The number of alkyl halides is 3. The molecule has 0 aromatic heterocycles. The van der Waals surface area contributed by atoms with Crippen molar-refractivity contribution in [2.75, 3.05) is 0 Å². The van der Waals surface area contributed by atoms with Crippen molar-refractivity contribution in [1.29, 1.82) is 0 Å². The van der Waals surface area contributed by atoms with Gasteiger partial charge in [0.25, 0.3) is 0 Å². The van der Waals surface area contributed by atoms with E-state index in [9.17, 15) is 22.4 Å². The average Bonchev–Trinajstić information content (AvgIpc) is 2.36. The van der Waals surface area contributed by atoms with E-state index in [1.54, 1.807) is 6.92 Å². The van der Waals surface area contributed by atoms with E-state index in [-0.39, 0.29) is 16.7 Å². The average molecular weight is 296 g/mol. The first-order chi connectivity index (χ1) is 9.70. The van der Waals surface area contributed by atoms with E-state index in [1.165, 1.54) is 19.1 Å². The molecule has 0 spiro atoms. The summed E-state index contributed by atoms with van der Waals surface area (Å²) in [5.41, 5.74) is 0.335. The van der Waals surface area contributed by atoms with E-state index in [1.807, 2.05) is 0 Å². The minimum Gasteiger partial charge on any atom is -0.289 e. The number of hydrogen-bond acceptors (Lipinski definition) is 1. The molecule has 5 heteroatoms. The molecule has 0 aliphatic carbocycles. The zero-order valence-electron chi connectivity index (χ0n) is 11.4. The second-order valence-electron chi connectivity index (χ2n) is 4.82. The van der Waals surface area contributed by atoms with Crippen LogP contribution in [0.4, 0.5) is 17.6 Å². The van der Waals surface area contributed by atoms with Gasteiger partial charge in [-0.3, -0.25) is 4.79 Å². The molecule has 0 fully saturated rings. The van der Waals surface area contributed by atoms with Crippen molar-refractivity contribution in [1.82, 2.24) is 0 Å². The van der Waals surface area contributed by atoms with Crippen LogP contribution in [0.3, 0.4) is 0 Å². The van der Waals surface area contributed by atoms with Gasteiger partial charge in [-0.2, -0.15) is 13.2 Å². The van der Waals surface area contributed by atoms with E-state index in [4.69, 9.17) is 0 Å². The fourth-order valence-corrected chi connectivity index (χ4v) is 2.12.